The van der Waals surface area contributed by atoms with Gasteiger partial charge in [-0.2, -0.15) is 5.10 Å². The Bertz CT molecular complexity index is 566. The molecule has 1 aromatic carbocycles. The van der Waals surface area contributed by atoms with Gasteiger partial charge >= 0.3 is 0 Å². The second kappa shape index (κ2) is 6.43. The Labute approximate surface area is 118 Å². The Hall–Kier alpha value is -2.01. The molecular formula is C15H20N2O3. The van der Waals surface area contributed by atoms with E-state index in [1.807, 2.05) is 10.7 Å². The molecule has 0 fully saturated rings. The third-order valence-electron chi connectivity index (χ3n) is 3.20. The first kappa shape index (κ1) is 14.4. The molecule has 1 heterocycles. The van der Waals surface area contributed by atoms with Crippen LogP contribution < -0.4 is 9.47 Å². The van der Waals surface area contributed by atoms with Gasteiger partial charge in [-0.05, 0) is 30.7 Å². The molecule has 108 valence electrons. The summed E-state index contributed by atoms with van der Waals surface area (Å²) < 4.78 is 12.3. The number of aliphatic hydroxyl groups excluding tert-OH is 1. The summed E-state index contributed by atoms with van der Waals surface area (Å²) in [5.74, 6) is 1.31. The zero-order valence-corrected chi connectivity index (χ0v) is 12.0. The van der Waals surface area contributed by atoms with Crippen molar-refractivity contribution >= 4 is 0 Å². The minimum Gasteiger partial charge on any atom is -0.497 e. The third-order valence-corrected chi connectivity index (χ3v) is 3.20. The fourth-order valence-corrected chi connectivity index (χ4v) is 2.19. The Kier molecular flexibility index (Phi) is 4.63. The van der Waals surface area contributed by atoms with Crippen LogP contribution in [0.4, 0.5) is 0 Å². The number of hydrogen-bond donors (Lipinski definition) is 1. The first-order chi connectivity index (χ1) is 9.71. The van der Waals surface area contributed by atoms with E-state index in [9.17, 15) is 5.11 Å². The van der Waals surface area contributed by atoms with Gasteiger partial charge in [-0.25, -0.2) is 0 Å². The number of aliphatic hydroxyl groups is 1. The monoisotopic (exact) mass is 276 g/mol. The molecule has 2 rings (SSSR count). The van der Waals surface area contributed by atoms with Gasteiger partial charge in [0.25, 0.3) is 0 Å². The van der Waals surface area contributed by atoms with Crippen LogP contribution in [0.2, 0.25) is 0 Å². The predicted octanol–water partition coefficient (Wildman–Crippen LogP) is 2.39. The third kappa shape index (κ3) is 2.77. The fourth-order valence-electron chi connectivity index (χ4n) is 2.19. The van der Waals surface area contributed by atoms with Gasteiger partial charge in [0.15, 0.2) is 0 Å². The van der Waals surface area contributed by atoms with E-state index < -0.39 is 6.10 Å². The molecule has 0 aliphatic carbocycles. The lowest BCUT2D eigenvalue weighted by atomic mass is 10.0. The van der Waals surface area contributed by atoms with Gasteiger partial charge in [-0.3, -0.25) is 4.68 Å². The quantitative estimate of drug-likeness (QED) is 0.880. The highest BCUT2D eigenvalue weighted by atomic mass is 16.5. The fraction of sp³-hybridized carbons (Fsp3) is 0.400. The standard InChI is InChI=1S/C15H20N2O3/c1-4-9-17-13(7-8-16-17)15(18)12-10-11(19-2)5-6-14(12)20-3/h5-8,10,15,18H,4,9H2,1-3H3. The van der Waals surface area contributed by atoms with Crippen molar-refractivity contribution in [1.29, 1.82) is 0 Å². The molecular weight excluding hydrogens is 256 g/mol. The summed E-state index contributed by atoms with van der Waals surface area (Å²) >= 11 is 0. The largest absolute Gasteiger partial charge is 0.497 e. The van der Waals surface area contributed by atoms with Crippen LogP contribution in [-0.2, 0) is 6.54 Å². The highest BCUT2D eigenvalue weighted by Crippen LogP contribution is 2.32. The summed E-state index contributed by atoms with van der Waals surface area (Å²) in [4.78, 5) is 0. The van der Waals surface area contributed by atoms with E-state index in [-0.39, 0.29) is 0 Å². The van der Waals surface area contributed by atoms with E-state index in [0.717, 1.165) is 18.7 Å². The van der Waals surface area contributed by atoms with E-state index in [4.69, 9.17) is 9.47 Å². The first-order valence-corrected chi connectivity index (χ1v) is 6.63. The van der Waals surface area contributed by atoms with Crippen molar-refractivity contribution in [3.05, 3.63) is 41.7 Å². The molecule has 1 N–H and O–H groups in total. The minimum absolute atomic E-state index is 0.627. The number of methoxy groups -OCH3 is 2. The zero-order chi connectivity index (χ0) is 14.5. The van der Waals surface area contributed by atoms with Crippen LogP contribution in [0, 0.1) is 0 Å². The Balaban J connectivity index is 2.41. The van der Waals surface area contributed by atoms with Gasteiger partial charge in [0.1, 0.15) is 17.6 Å². The molecule has 0 radical (unpaired) electrons. The average molecular weight is 276 g/mol. The van der Waals surface area contributed by atoms with Crippen LogP contribution in [0.25, 0.3) is 0 Å². The molecule has 5 heteroatoms. The zero-order valence-electron chi connectivity index (χ0n) is 12.0. The van der Waals surface area contributed by atoms with Crippen molar-refractivity contribution < 1.29 is 14.6 Å². The number of hydrogen-bond acceptors (Lipinski definition) is 4. The van der Waals surface area contributed by atoms with Gasteiger partial charge < -0.3 is 14.6 Å². The predicted molar refractivity (Wildman–Crippen MR) is 76.1 cm³/mol. The number of aryl methyl sites for hydroxylation is 1. The molecule has 5 nitrogen and oxygen atoms in total. The van der Waals surface area contributed by atoms with Crippen LogP contribution in [-0.4, -0.2) is 29.1 Å². The maximum Gasteiger partial charge on any atom is 0.125 e. The minimum atomic E-state index is -0.797. The van der Waals surface area contributed by atoms with Crippen molar-refractivity contribution in [2.45, 2.75) is 26.0 Å². The second-order valence-electron chi connectivity index (χ2n) is 4.49. The Morgan fingerprint density at radius 3 is 2.70 bits per heavy atom. The summed E-state index contributed by atoms with van der Waals surface area (Å²) in [6.07, 6.45) is 1.85. The summed E-state index contributed by atoms with van der Waals surface area (Å²) in [6, 6.07) is 7.20. The lowest BCUT2D eigenvalue weighted by molar-refractivity contribution is 0.201. The maximum absolute atomic E-state index is 10.6. The van der Waals surface area contributed by atoms with Crippen molar-refractivity contribution in [3.63, 3.8) is 0 Å². The molecule has 0 saturated carbocycles. The van der Waals surface area contributed by atoms with Gasteiger partial charge in [-0.1, -0.05) is 6.92 Å². The summed E-state index contributed by atoms with van der Waals surface area (Å²) in [5, 5.41) is 14.9. The molecule has 0 amide bonds. The van der Waals surface area contributed by atoms with Gasteiger partial charge in [0, 0.05) is 18.3 Å². The average Bonchev–Trinajstić information content (AvgIpc) is 2.94. The van der Waals surface area contributed by atoms with Crippen molar-refractivity contribution in [1.82, 2.24) is 9.78 Å². The first-order valence-electron chi connectivity index (χ1n) is 6.63. The van der Waals surface area contributed by atoms with E-state index >= 15 is 0 Å². The van der Waals surface area contributed by atoms with E-state index in [1.165, 1.54) is 0 Å². The number of benzene rings is 1. The Morgan fingerprint density at radius 1 is 1.25 bits per heavy atom. The highest BCUT2D eigenvalue weighted by Gasteiger charge is 2.20. The second-order valence-corrected chi connectivity index (χ2v) is 4.49. The lowest BCUT2D eigenvalue weighted by Gasteiger charge is -2.17. The molecule has 0 aliphatic rings. The van der Waals surface area contributed by atoms with Crippen LogP contribution >= 0.6 is 0 Å². The van der Waals surface area contributed by atoms with Crippen LogP contribution in [0.5, 0.6) is 11.5 Å². The summed E-state index contributed by atoms with van der Waals surface area (Å²) in [6.45, 7) is 2.84. The van der Waals surface area contributed by atoms with E-state index in [1.54, 1.807) is 38.6 Å². The summed E-state index contributed by atoms with van der Waals surface area (Å²) in [7, 11) is 3.18. The van der Waals surface area contributed by atoms with Gasteiger partial charge in [0.2, 0.25) is 0 Å². The van der Waals surface area contributed by atoms with Crippen LogP contribution in [0.3, 0.4) is 0 Å². The van der Waals surface area contributed by atoms with Crippen molar-refractivity contribution in [2.24, 2.45) is 0 Å². The van der Waals surface area contributed by atoms with E-state index in [0.29, 0.717) is 17.1 Å². The Morgan fingerprint density at radius 2 is 2.05 bits per heavy atom. The molecule has 1 aromatic heterocycles. The molecule has 2 aromatic rings. The number of rotatable bonds is 6. The number of aromatic nitrogens is 2. The van der Waals surface area contributed by atoms with Crippen molar-refractivity contribution in [2.75, 3.05) is 14.2 Å². The van der Waals surface area contributed by atoms with Gasteiger partial charge in [-0.15, -0.1) is 0 Å². The molecule has 1 atom stereocenters. The van der Waals surface area contributed by atoms with E-state index in [2.05, 4.69) is 12.0 Å². The van der Waals surface area contributed by atoms with Gasteiger partial charge in [0.05, 0.1) is 19.9 Å². The lowest BCUT2D eigenvalue weighted by Crippen LogP contribution is -2.11. The maximum atomic E-state index is 10.6. The van der Waals surface area contributed by atoms with Crippen LogP contribution in [0.15, 0.2) is 30.5 Å². The summed E-state index contributed by atoms with van der Waals surface area (Å²) in [5.41, 5.74) is 1.42. The smallest absolute Gasteiger partial charge is 0.125 e. The molecule has 0 aliphatic heterocycles. The molecule has 20 heavy (non-hydrogen) atoms. The topological polar surface area (TPSA) is 56.5 Å². The SMILES string of the molecule is CCCn1nccc1C(O)c1cc(OC)ccc1OC. The highest BCUT2D eigenvalue weighted by molar-refractivity contribution is 5.44. The number of ether oxygens (including phenoxy) is 2. The molecule has 0 bridgehead atoms. The molecule has 0 spiro atoms. The number of nitrogens with zero attached hydrogens (tertiary/aromatic N) is 2. The van der Waals surface area contributed by atoms with Crippen LogP contribution in [0.1, 0.15) is 30.7 Å². The normalized spacial score (nSPS) is 12.2. The molecule has 0 saturated heterocycles. The molecule has 1 unspecified atom stereocenters. The van der Waals surface area contributed by atoms with Crippen molar-refractivity contribution in [3.8, 4) is 11.5 Å².